The summed E-state index contributed by atoms with van der Waals surface area (Å²) in [7, 11) is 0. The predicted molar refractivity (Wildman–Crippen MR) is 71.0 cm³/mol. The molecule has 0 aromatic rings. The van der Waals surface area contributed by atoms with Crippen molar-refractivity contribution in [1.82, 2.24) is 4.90 Å². The number of aliphatic hydroxyl groups is 1. The summed E-state index contributed by atoms with van der Waals surface area (Å²) in [5.74, 6) is -0.291. The van der Waals surface area contributed by atoms with Crippen LogP contribution in [0.25, 0.3) is 0 Å². The van der Waals surface area contributed by atoms with Gasteiger partial charge in [0, 0.05) is 10.7 Å². The second-order valence-corrected chi connectivity index (χ2v) is 6.66. The molecule has 1 unspecified atom stereocenters. The third kappa shape index (κ3) is 2.50. The Labute approximate surface area is 116 Å². The van der Waals surface area contributed by atoms with Crippen molar-refractivity contribution in [3.05, 3.63) is 10.6 Å². The fourth-order valence-corrected chi connectivity index (χ4v) is 3.21. The highest BCUT2D eigenvalue weighted by molar-refractivity contribution is 8.03. The molecule has 3 N–H and O–H groups in total. The second-order valence-electron chi connectivity index (χ2n) is 5.54. The maximum Gasteiger partial charge on any atom is 0.356 e. The van der Waals surface area contributed by atoms with Crippen molar-refractivity contribution >= 4 is 23.6 Å². The molecule has 2 aliphatic heterocycles. The molecule has 2 aliphatic rings. The molecule has 2 heterocycles. The maximum atomic E-state index is 12.2. The van der Waals surface area contributed by atoms with Crippen LogP contribution in [-0.4, -0.2) is 51.9 Å². The van der Waals surface area contributed by atoms with Crippen LogP contribution >= 0.6 is 11.8 Å². The van der Waals surface area contributed by atoms with Gasteiger partial charge >= 0.3 is 5.97 Å². The summed E-state index contributed by atoms with van der Waals surface area (Å²) in [5, 5.41) is 9.33. The molecular weight excluding hydrogens is 268 g/mol. The summed E-state index contributed by atoms with van der Waals surface area (Å²) in [5.41, 5.74) is 5.20. The number of ether oxygens (including phenoxy) is 1. The summed E-state index contributed by atoms with van der Waals surface area (Å²) in [6.45, 7) is 4.97. The largest absolute Gasteiger partial charge is 0.455 e. The SMILES string of the molecule is CC(C)(C)OC(=O)C1=C(CO)SC[C@@H]2C(N)C(=O)N12. The number of amides is 1. The Morgan fingerprint density at radius 3 is 2.74 bits per heavy atom. The van der Waals surface area contributed by atoms with E-state index in [0.29, 0.717) is 10.7 Å². The zero-order chi connectivity index (χ0) is 14.4. The number of hydrogen-bond donors (Lipinski definition) is 2. The van der Waals surface area contributed by atoms with Gasteiger partial charge in [-0.15, -0.1) is 11.8 Å². The van der Waals surface area contributed by atoms with Crippen molar-refractivity contribution in [2.75, 3.05) is 12.4 Å². The maximum absolute atomic E-state index is 12.2. The van der Waals surface area contributed by atoms with Crippen LogP contribution in [0.15, 0.2) is 10.6 Å². The Morgan fingerprint density at radius 1 is 1.58 bits per heavy atom. The number of esters is 1. The summed E-state index contributed by atoms with van der Waals surface area (Å²) in [4.78, 5) is 25.8. The lowest BCUT2D eigenvalue weighted by Crippen LogP contribution is -2.70. The van der Waals surface area contributed by atoms with E-state index < -0.39 is 17.6 Å². The van der Waals surface area contributed by atoms with E-state index in [1.54, 1.807) is 20.8 Å². The number of aliphatic hydroxyl groups excluding tert-OH is 1. The van der Waals surface area contributed by atoms with Gasteiger partial charge in [-0.05, 0) is 20.8 Å². The topological polar surface area (TPSA) is 92.9 Å². The molecule has 0 spiro atoms. The van der Waals surface area contributed by atoms with Gasteiger partial charge in [0.25, 0.3) is 0 Å². The molecule has 1 saturated heterocycles. The van der Waals surface area contributed by atoms with Crippen LogP contribution < -0.4 is 5.73 Å². The average Bonchev–Trinajstić information content (AvgIpc) is 2.33. The van der Waals surface area contributed by atoms with Crippen LogP contribution in [0.1, 0.15) is 20.8 Å². The number of β-lactam (4-membered cyclic amide) rings is 1. The normalized spacial score (nSPS) is 27.0. The lowest BCUT2D eigenvalue weighted by atomic mass is 9.96. The smallest absolute Gasteiger partial charge is 0.356 e. The third-order valence-electron chi connectivity index (χ3n) is 2.94. The number of nitrogens with zero attached hydrogens (tertiary/aromatic N) is 1. The van der Waals surface area contributed by atoms with Crippen molar-refractivity contribution in [2.24, 2.45) is 5.73 Å². The number of thioether (sulfide) groups is 1. The van der Waals surface area contributed by atoms with Crippen molar-refractivity contribution in [1.29, 1.82) is 0 Å². The van der Waals surface area contributed by atoms with Gasteiger partial charge in [-0.3, -0.25) is 9.69 Å². The van der Waals surface area contributed by atoms with E-state index in [1.165, 1.54) is 16.7 Å². The van der Waals surface area contributed by atoms with Crippen LogP contribution in [0.5, 0.6) is 0 Å². The monoisotopic (exact) mass is 286 g/mol. The summed E-state index contributed by atoms with van der Waals surface area (Å²) < 4.78 is 5.29. The minimum Gasteiger partial charge on any atom is -0.455 e. The van der Waals surface area contributed by atoms with Gasteiger partial charge in [-0.1, -0.05) is 0 Å². The summed E-state index contributed by atoms with van der Waals surface area (Å²) in [6.07, 6.45) is 0. The van der Waals surface area contributed by atoms with Crippen molar-refractivity contribution in [2.45, 2.75) is 38.5 Å². The molecule has 2 rings (SSSR count). The van der Waals surface area contributed by atoms with Crippen LogP contribution in [0.4, 0.5) is 0 Å². The Kier molecular flexibility index (Phi) is 3.63. The van der Waals surface area contributed by atoms with Gasteiger partial charge in [-0.2, -0.15) is 0 Å². The van der Waals surface area contributed by atoms with Crippen molar-refractivity contribution in [3.63, 3.8) is 0 Å². The van der Waals surface area contributed by atoms with E-state index in [4.69, 9.17) is 10.5 Å². The van der Waals surface area contributed by atoms with Gasteiger partial charge < -0.3 is 15.6 Å². The van der Waals surface area contributed by atoms with Gasteiger partial charge in [0.15, 0.2) is 0 Å². The van der Waals surface area contributed by atoms with Gasteiger partial charge in [0.05, 0.1) is 12.6 Å². The van der Waals surface area contributed by atoms with Gasteiger partial charge in [-0.25, -0.2) is 4.79 Å². The fourth-order valence-electron chi connectivity index (χ4n) is 2.07. The average molecular weight is 286 g/mol. The first-order valence-corrected chi connectivity index (χ1v) is 7.03. The highest BCUT2D eigenvalue weighted by Gasteiger charge is 2.51. The molecule has 6 nitrogen and oxygen atoms in total. The number of carbonyl (C=O) groups is 2. The highest BCUT2D eigenvalue weighted by Crippen LogP contribution is 2.38. The minimum absolute atomic E-state index is 0.144. The zero-order valence-electron chi connectivity index (χ0n) is 11.2. The molecule has 0 aromatic heterocycles. The van der Waals surface area contributed by atoms with E-state index in [2.05, 4.69) is 0 Å². The molecule has 1 amide bonds. The lowest BCUT2D eigenvalue weighted by molar-refractivity contribution is -0.159. The number of rotatable bonds is 2. The predicted octanol–water partition coefficient (Wildman–Crippen LogP) is -0.183. The number of carbonyl (C=O) groups excluding carboxylic acids is 2. The standard InChI is InChI=1S/C12H18N2O4S/c1-12(2,3)18-11(17)9-7(4-15)19-5-6-8(13)10(16)14(6)9/h6,8,15H,4-5,13H2,1-3H3/t6-,8?/m1/s1. The molecule has 0 saturated carbocycles. The summed E-state index contributed by atoms with van der Waals surface area (Å²) in [6, 6.07) is -0.750. The number of fused-ring (bicyclic) bond motifs is 1. The van der Waals surface area contributed by atoms with E-state index in [1.807, 2.05) is 0 Å². The molecular formula is C12H18N2O4S. The Hall–Kier alpha value is -1.05. The summed E-state index contributed by atoms with van der Waals surface area (Å²) >= 11 is 1.35. The first kappa shape index (κ1) is 14.4. The lowest BCUT2D eigenvalue weighted by Gasteiger charge is -2.48. The van der Waals surface area contributed by atoms with Crippen LogP contribution in [0.3, 0.4) is 0 Å². The Balaban J connectivity index is 2.30. The number of nitrogens with two attached hydrogens (primary N) is 1. The zero-order valence-corrected chi connectivity index (χ0v) is 12.0. The third-order valence-corrected chi connectivity index (χ3v) is 4.12. The molecule has 106 valence electrons. The first-order chi connectivity index (χ1) is 8.76. The first-order valence-electron chi connectivity index (χ1n) is 6.05. The molecule has 2 atom stereocenters. The fraction of sp³-hybridized carbons (Fsp3) is 0.667. The molecule has 0 radical (unpaired) electrons. The molecule has 19 heavy (non-hydrogen) atoms. The minimum atomic E-state index is -0.654. The molecule has 7 heteroatoms. The van der Waals surface area contributed by atoms with Crippen LogP contribution in [0.2, 0.25) is 0 Å². The Bertz CT molecular complexity index is 455. The second kappa shape index (κ2) is 4.81. The quantitative estimate of drug-likeness (QED) is 0.540. The number of hydrogen-bond acceptors (Lipinski definition) is 6. The molecule has 0 aliphatic carbocycles. The molecule has 1 fully saturated rings. The van der Waals surface area contributed by atoms with Crippen molar-refractivity contribution < 1.29 is 19.4 Å². The Morgan fingerprint density at radius 2 is 2.21 bits per heavy atom. The van der Waals surface area contributed by atoms with E-state index >= 15 is 0 Å². The highest BCUT2D eigenvalue weighted by atomic mass is 32.2. The van der Waals surface area contributed by atoms with Gasteiger partial charge in [0.1, 0.15) is 17.3 Å². The van der Waals surface area contributed by atoms with E-state index in [-0.39, 0.29) is 24.3 Å². The van der Waals surface area contributed by atoms with Crippen LogP contribution in [0, 0.1) is 0 Å². The van der Waals surface area contributed by atoms with Gasteiger partial charge in [0.2, 0.25) is 5.91 Å². The molecule has 0 aromatic carbocycles. The van der Waals surface area contributed by atoms with Crippen molar-refractivity contribution in [3.8, 4) is 0 Å². The molecule has 0 bridgehead atoms. The van der Waals surface area contributed by atoms with Crippen LogP contribution in [-0.2, 0) is 14.3 Å². The van der Waals surface area contributed by atoms with E-state index in [9.17, 15) is 14.7 Å². The van der Waals surface area contributed by atoms with E-state index in [0.717, 1.165) is 0 Å².